The fourth-order valence-electron chi connectivity index (χ4n) is 2.77. The van der Waals surface area contributed by atoms with Gasteiger partial charge < -0.3 is 14.4 Å². The van der Waals surface area contributed by atoms with Crippen molar-refractivity contribution >= 4 is 22.9 Å². The monoisotopic (exact) mass is 329 g/mol. The van der Waals surface area contributed by atoms with Gasteiger partial charge in [0, 0.05) is 25.5 Å². The Morgan fingerprint density at radius 1 is 1.17 bits per heavy atom. The predicted octanol–water partition coefficient (Wildman–Crippen LogP) is 1.42. The third-order valence-corrected chi connectivity index (χ3v) is 3.80. The third-order valence-electron chi connectivity index (χ3n) is 3.80. The number of hydrogen-bond donors (Lipinski definition) is 0. The Labute approximate surface area is 139 Å². The van der Waals surface area contributed by atoms with Gasteiger partial charge in [-0.25, -0.2) is 4.79 Å². The predicted molar refractivity (Wildman–Crippen MR) is 86.4 cm³/mol. The van der Waals surface area contributed by atoms with Gasteiger partial charge in [0.1, 0.15) is 0 Å². The Hall–Kier alpha value is -2.54. The molecule has 1 saturated heterocycles. The molecule has 0 unspecified atom stereocenters. The Morgan fingerprint density at radius 2 is 1.83 bits per heavy atom. The molecule has 0 bridgehead atoms. The molecular formula is C17H19N3O4. The summed E-state index contributed by atoms with van der Waals surface area (Å²) >= 11 is 0. The minimum absolute atomic E-state index is 0.0209. The fourth-order valence-corrected chi connectivity index (χ4v) is 2.77. The average molecular weight is 329 g/mol. The van der Waals surface area contributed by atoms with E-state index in [0.29, 0.717) is 29.7 Å². The van der Waals surface area contributed by atoms with Crippen molar-refractivity contribution in [3.8, 4) is 0 Å². The van der Waals surface area contributed by atoms with Crippen LogP contribution in [0.5, 0.6) is 0 Å². The van der Waals surface area contributed by atoms with Crippen LogP contribution in [0.4, 0.5) is 0 Å². The highest BCUT2D eigenvalue weighted by atomic mass is 16.5. The van der Waals surface area contributed by atoms with Crippen LogP contribution >= 0.6 is 0 Å². The molecule has 1 aliphatic heterocycles. The molecule has 0 radical (unpaired) electrons. The number of rotatable bonds is 3. The lowest BCUT2D eigenvalue weighted by molar-refractivity contribution is -0.146. The number of esters is 1. The van der Waals surface area contributed by atoms with Crippen LogP contribution in [0.3, 0.4) is 0 Å². The first-order chi connectivity index (χ1) is 11.5. The zero-order chi connectivity index (χ0) is 17.1. The van der Waals surface area contributed by atoms with Gasteiger partial charge in [-0.3, -0.25) is 14.8 Å². The van der Waals surface area contributed by atoms with Crippen LogP contribution in [0.15, 0.2) is 30.6 Å². The van der Waals surface area contributed by atoms with Gasteiger partial charge in [0.05, 0.1) is 28.8 Å². The Balaban J connectivity index is 1.60. The lowest BCUT2D eigenvalue weighted by atomic mass is 10.2. The van der Waals surface area contributed by atoms with E-state index in [1.807, 2.05) is 13.8 Å². The molecule has 7 nitrogen and oxygen atoms in total. The molecule has 2 atom stereocenters. The number of ether oxygens (including phenoxy) is 2. The summed E-state index contributed by atoms with van der Waals surface area (Å²) in [5, 5.41) is 0. The number of benzene rings is 1. The lowest BCUT2D eigenvalue weighted by Crippen LogP contribution is -2.49. The van der Waals surface area contributed by atoms with Gasteiger partial charge in [0.15, 0.2) is 6.61 Å². The van der Waals surface area contributed by atoms with Gasteiger partial charge in [-0.05, 0) is 32.0 Å². The first kappa shape index (κ1) is 16.3. The number of nitrogens with zero attached hydrogens (tertiary/aromatic N) is 3. The molecule has 2 aromatic rings. The van der Waals surface area contributed by atoms with E-state index in [4.69, 9.17) is 9.47 Å². The second kappa shape index (κ2) is 6.92. The average Bonchev–Trinajstić information content (AvgIpc) is 2.58. The van der Waals surface area contributed by atoms with Crippen molar-refractivity contribution in [2.24, 2.45) is 0 Å². The molecule has 0 spiro atoms. The highest BCUT2D eigenvalue weighted by molar-refractivity contribution is 5.94. The summed E-state index contributed by atoms with van der Waals surface area (Å²) < 4.78 is 10.7. The van der Waals surface area contributed by atoms with E-state index in [2.05, 4.69) is 9.97 Å². The van der Waals surface area contributed by atoms with Crippen LogP contribution in [0.2, 0.25) is 0 Å². The third kappa shape index (κ3) is 3.68. The molecular weight excluding hydrogens is 310 g/mol. The van der Waals surface area contributed by atoms with Gasteiger partial charge in [-0.15, -0.1) is 0 Å². The van der Waals surface area contributed by atoms with E-state index in [-0.39, 0.29) is 24.7 Å². The summed E-state index contributed by atoms with van der Waals surface area (Å²) in [6.07, 6.45) is 3.10. The van der Waals surface area contributed by atoms with Gasteiger partial charge in [-0.2, -0.15) is 0 Å². The SMILES string of the molecule is C[C@@H]1CN(C(=O)COC(=O)c2ccc3nccnc3c2)C[C@@H](C)O1. The quantitative estimate of drug-likeness (QED) is 0.792. The minimum atomic E-state index is -0.551. The van der Waals surface area contributed by atoms with Crippen LogP contribution in [0.1, 0.15) is 24.2 Å². The summed E-state index contributed by atoms with van der Waals surface area (Å²) in [5.74, 6) is -0.767. The molecule has 2 heterocycles. The van der Waals surface area contributed by atoms with E-state index in [1.165, 1.54) is 0 Å². The maximum atomic E-state index is 12.2. The highest BCUT2D eigenvalue weighted by Gasteiger charge is 2.26. The van der Waals surface area contributed by atoms with Crippen molar-refractivity contribution in [2.45, 2.75) is 26.1 Å². The first-order valence-electron chi connectivity index (χ1n) is 7.84. The van der Waals surface area contributed by atoms with Crippen LogP contribution in [-0.2, 0) is 14.3 Å². The molecule has 1 amide bonds. The standard InChI is InChI=1S/C17H19N3O4/c1-11-8-20(9-12(2)24-11)16(21)10-23-17(22)13-3-4-14-15(7-13)19-6-5-18-14/h3-7,11-12H,8-10H2,1-2H3/t11-,12-/m1/s1. The molecule has 7 heteroatoms. The number of morpholine rings is 1. The van der Waals surface area contributed by atoms with Gasteiger partial charge in [0.25, 0.3) is 5.91 Å². The molecule has 1 aromatic carbocycles. The van der Waals surface area contributed by atoms with Crippen LogP contribution in [-0.4, -0.2) is 58.6 Å². The van der Waals surface area contributed by atoms with Crippen molar-refractivity contribution in [2.75, 3.05) is 19.7 Å². The molecule has 1 aliphatic rings. The molecule has 1 fully saturated rings. The zero-order valence-electron chi connectivity index (χ0n) is 13.6. The zero-order valence-corrected chi connectivity index (χ0v) is 13.6. The number of aromatic nitrogens is 2. The summed E-state index contributed by atoms with van der Waals surface area (Å²) in [4.78, 5) is 34.3. The van der Waals surface area contributed by atoms with Crippen LogP contribution < -0.4 is 0 Å². The van der Waals surface area contributed by atoms with E-state index >= 15 is 0 Å². The molecule has 0 aliphatic carbocycles. The van der Waals surface area contributed by atoms with Crippen molar-refractivity contribution in [1.82, 2.24) is 14.9 Å². The van der Waals surface area contributed by atoms with E-state index in [9.17, 15) is 9.59 Å². The second-order valence-corrected chi connectivity index (χ2v) is 5.89. The van der Waals surface area contributed by atoms with Crippen molar-refractivity contribution in [3.63, 3.8) is 0 Å². The van der Waals surface area contributed by atoms with Crippen molar-refractivity contribution in [1.29, 1.82) is 0 Å². The Kier molecular flexibility index (Phi) is 4.71. The topological polar surface area (TPSA) is 81.6 Å². The van der Waals surface area contributed by atoms with Gasteiger partial charge in [-0.1, -0.05) is 0 Å². The number of hydrogen-bond acceptors (Lipinski definition) is 6. The van der Waals surface area contributed by atoms with Crippen molar-refractivity contribution in [3.05, 3.63) is 36.2 Å². The number of fused-ring (bicyclic) bond motifs is 1. The van der Waals surface area contributed by atoms with E-state index in [0.717, 1.165) is 0 Å². The first-order valence-corrected chi connectivity index (χ1v) is 7.84. The van der Waals surface area contributed by atoms with E-state index < -0.39 is 5.97 Å². The summed E-state index contributed by atoms with van der Waals surface area (Å²) in [5.41, 5.74) is 1.65. The normalized spacial score (nSPS) is 20.8. The molecule has 0 saturated carbocycles. The number of carbonyl (C=O) groups is 2. The number of amides is 1. The highest BCUT2D eigenvalue weighted by Crippen LogP contribution is 2.13. The molecule has 1 aromatic heterocycles. The molecule has 126 valence electrons. The second-order valence-electron chi connectivity index (χ2n) is 5.89. The Bertz CT molecular complexity index is 754. The Morgan fingerprint density at radius 3 is 2.54 bits per heavy atom. The lowest BCUT2D eigenvalue weighted by Gasteiger charge is -2.35. The van der Waals surface area contributed by atoms with Gasteiger partial charge in [0.2, 0.25) is 0 Å². The molecule has 24 heavy (non-hydrogen) atoms. The number of carbonyl (C=O) groups excluding carboxylic acids is 2. The molecule has 3 rings (SSSR count). The summed E-state index contributed by atoms with van der Waals surface area (Å²) in [6.45, 7) is 4.56. The minimum Gasteiger partial charge on any atom is -0.452 e. The molecule has 0 N–H and O–H groups in total. The summed E-state index contributed by atoms with van der Waals surface area (Å²) in [6, 6.07) is 4.92. The van der Waals surface area contributed by atoms with E-state index in [1.54, 1.807) is 35.5 Å². The van der Waals surface area contributed by atoms with Crippen LogP contribution in [0, 0.1) is 0 Å². The smallest absolute Gasteiger partial charge is 0.338 e. The largest absolute Gasteiger partial charge is 0.452 e. The van der Waals surface area contributed by atoms with Gasteiger partial charge >= 0.3 is 5.97 Å². The maximum absolute atomic E-state index is 12.2. The van der Waals surface area contributed by atoms with Crippen LogP contribution in [0.25, 0.3) is 11.0 Å². The maximum Gasteiger partial charge on any atom is 0.338 e. The van der Waals surface area contributed by atoms with Crippen molar-refractivity contribution < 1.29 is 19.1 Å². The fraction of sp³-hybridized carbons (Fsp3) is 0.412. The summed E-state index contributed by atoms with van der Waals surface area (Å²) in [7, 11) is 0.